The Morgan fingerprint density at radius 2 is 1.72 bits per heavy atom. The summed E-state index contributed by atoms with van der Waals surface area (Å²) in [5, 5.41) is 0. The van der Waals surface area contributed by atoms with Crippen molar-refractivity contribution in [2.45, 2.75) is 51.6 Å². The van der Waals surface area contributed by atoms with Crippen LogP contribution in [0.25, 0.3) is 0 Å². The molecular formula is C26H31NO5. The number of carbonyl (C=O) groups excluding carboxylic acids is 2. The Morgan fingerprint density at radius 3 is 2.41 bits per heavy atom. The standard InChI is InChI=1S/C26H31NO5/c1-18-15-22-23(28)17-26(32-24(22)16-19(18)2)10-12-27(13-11-26)25(29)5-4-14-31-21-8-6-20(30-3)7-9-21/h6-9,15-16H,4-5,10-14,17H2,1-3H3. The first-order chi connectivity index (χ1) is 15.4. The Hall–Kier alpha value is -3.02. The van der Waals surface area contributed by atoms with Gasteiger partial charge in [0, 0.05) is 32.4 Å². The molecule has 170 valence electrons. The van der Waals surface area contributed by atoms with E-state index < -0.39 is 5.60 Å². The predicted molar refractivity (Wildman–Crippen MR) is 122 cm³/mol. The molecule has 6 heteroatoms. The third-order valence-electron chi connectivity index (χ3n) is 6.60. The highest BCUT2D eigenvalue weighted by Crippen LogP contribution is 2.40. The minimum absolute atomic E-state index is 0.132. The zero-order valence-corrected chi connectivity index (χ0v) is 19.1. The molecule has 0 atom stereocenters. The smallest absolute Gasteiger partial charge is 0.222 e. The second kappa shape index (κ2) is 9.23. The van der Waals surface area contributed by atoms with Gasteiger partial charge in [0.2, 0.25) is 5.91 Å². The molecule has 1 amide bonds. The quantitative estimate of drug-likeness (QED) is 0.623. The van der Waals surface area contributed by atoms with Crippen molar-refractivity contribution in [2.24, 2.45) is 0 Å². The molecule has 0 unspecified atom stereocenters. The van der Waals surface area contributed by atoms with Crippen LogP contribution >= 0.6 is 0 Å². The molecule has 1 fully saturated rings. The summed E-state index contributed by atoms with van der Waals surface area (Å²) < 4.78 is 17.2. The molecule has 0 aliphatic carbocycles. The first kappa shape index (κ1) is 22.2. The van der Waals surface area contributed by atoms with Crippen LogP contribution in [0.5, 0.6) is 17.2 Å². The van der Waals surface area contributed by atoms with E-state index >= 15 is 0 Å². The Labute approximate surface area is 189 Å². The molecule has 0 radical (unpaired) electrons. The maximum atomic E-state index is 12.8. The number of rotatable bonds is 6. The molecule has 0 N–H and O–H groups in total. The molecule has 1 spiro atoms. The van der Waals surface area contributed by atoms with E-state index in [2.05, 4.69) is 0 Å². The van der Waals surface area contributed by atoms with Crippen molar-refractivity contribution in [2.75, 3.05) is 26.8 Å². The third-order valence-corrected chi connectivity index (χ3v) is 6.60. The summed E-state index contributed by atoms with van der Waals surface area (Å²) >= 11 is 0. The van der Waals surface area contributed by atoms with E-state index in [1.165, 1.54) is 0 Å². The van der Waals surface area contributed by atoms with Gasteiger partial charge in [-0.1, -0.05) is 0 Å². The van der Waals surface area contributed by atoms with Gasteiger partial charge >= 0.3 is 0 Å². The number of ether oxygens (including phenoxy) is 3. The lowest BCUT2D eigenvalue weighted by Gasteiger charge is -2.44. The molecule has 2 aliphatic heterocycles. The zero-order chi connectivity index (χ0) is 22.7. The van der Waals surface area contributed by atoms with Crippen LogP contribution in [0.2, 0.25) is 0 Å². The van der Waals surface area contributed by atoms with Crippen LogP contribution in [0.4, 0.5) is 0 Å². The van der Waals surface area contributed by atoms with Gasteiger partial charge in [0.15, 0.2) is 5.78 Å². The number of carbonyl (C=O) groups is 2. The molecule has 2 heterocycles. The lowest BCUT2D eigenvalue weighted by atomic mass is 9.82. The first-order valence-electron chi connectivity index (χ1n) is 11.3. The van der Waals surface area contributed by atoms with Gasteiger partial charge in [-0.2, -0.15) is 0 Å². The fourth-order valence-corrected chi connectivity index (χ4v) is 4.44. The number of nitrogens with zero attached hydrogens (tertiary/aromatic N) is 1. The van der Waals surface area contributed by atoms with Crippen molar-refractivity contribution in [1.82, 2.24) is 4.90 Å². The van der Waals surface area contributed by atoms with Gasteiger partial charge in [-0.25, -0.2) is 0 Å². The number of piperidine rings is 1. The minimum atomic E-state index is -0.486. The Morgan fingerprint density at radius 1 is 1.06 bits per heavy atom. The topological polar surface area (TPSA) is 65.1 Å². The molecule has 2 aromatic carbocycles. The summed E-state index contributed by atoms with van der Waals surface area (Å²) in [6.45, 7) is 5.77. The number of fused-ring (bicyclic) bond motifs is 1. The molecule has 0 saturated carbocycles. The molecule has 2 aliphatic rings. The second-order valence-corrected chi connectivity index (χ2v) is 8.83. The van der Waals surface area contributed by atoms with Crippen molar-refractivity contribution in [3.8, 4) is 17.2 Å². The highest BCUT2D eigenvalue weighted by Gasteiger charge is 2.43. The van der Waals surface area contributed by atoms with E-state index in [4.69, 9.17) is 14.2 Å². The maximum absolute atomic E-state index is 12.8. The van der Waals surface area contributed by atoms with Crippen LogP contribution in [0.3, 0.4) is 0 Å². The average Bonchev–Trinajstić information content (AvgIpc) is 2.79. The van der Waals surface area contributed by atoms with Crippen LogP contribution in [0, 0.1) is 13.8 Å². The number of benzene rings is 2. The van der Waals surface area contributed by atoms with Gasteiger partial charge in [0.05, 0.1) is 25.7 Å². The lowest BCUT2D eigenvalue weighted by Crippen LogP contribution is -2.52. The van der Waals surface area contributed by atoms with Crippen LogP contribution < -0.4 is 14.2 Å². The number of hydrogen-bond donors (Lipinski definition) is 0. The molecule has 1 saturated heterocycles. The Kier molecular flexibility index (Phi) is 6.40. The molecule has 0 bridgehead atoms. The van der Waals surface area contributed by atoms with Crippen molar-refractivity contribution in [3.05, 3.63) is 53.1 Å². The van der Waals surface area contributed by atoms with Crippen LogP contribution in [-0.2, 0) is 4.79 Å². The molecule has 32 heavy (non-hydrogen) atoms. The summed E-state index contributed by atoms with van der Waals surface area (Å²) in [7, 11) is 1.63. The van der Waals surface area contributed by atoms with E-state index in [1.807, 2.05) is 55.1 Å². The van der Waals surface area contributed by atoms with E-state index in [0.29, 0.717) is 63.1 Å². The average molecular weight is 438 g/mol. The van der Waals surface area contributed by atoms with Crippen molar-refractivity contribution in [1.29, 1.82) is 0 Å². The second-order valence-electron chi connectivity index (χ2n) is 8.83. The number of likely N-dealkylation sites (tertiary alicyclic amines) is 1. The number of methoxy groups -OCH3 is 1. The number of amides is 1. The van der Waals surface area contributed by atoms with Crippen molar-refractivity contribution in [3.63, 3.8) is 0 Å². The maximum Gasteiger partial charge on any atom is 0.222 e. The molecule has 2 aromatic rings. The summed E-state index contributed by atoms with van der Waals surface area (Å²) in [6, 6.07) is 11.3. The van der Waals surface area contributed by atoms with Gasteiger partial charge in [0.25, 0.3) is 0 Å². The molecule has 0 aromatic heterocycles. The molecule has 4 rings (SSSR count). The van der Waals surface area contributed by atoms with Crippen LogP contribution in [0.15, 0.2) is 36.4 Å². The van der Waals surface area contributed by atoms with Crippen molar-refractivity contribution >= 4 is 11.7 Å². The van der Waals surface area contributed by atoms with E-state index in [-0.39, 0.29) is 11.7 Å². The Bertz CT molecular complexity index is 990. The first-order valence-corrected chi connectivity index (χ1v) is 11.3. The number of Topliss-reactive ketones (excluding diaryl/α,β-unsaturated/α-hetero) is 1. The largest absolute Gasteiger partial charge is 0.497 e. The monoisotopic (exact) mass is 437 g/mol. The van der Waals surface area contributed by atoms with E-state index in [1.54, 1.807) is 7.11 Å². The van der Waals surface area contributed by atoms with E-state index in [9.17, 15) is 9.59 Å². The molecular weight excluding hydrogens is 406 g/mol. The molecule has 6 nitrogen and oxygen atoms in total. The van der Waals surface area contributed by atoms with Gasteiger partial charge in [-0.3, -0.25) is 9.59 Å². The van der Waals surface area contributed by atoms with Crippen LogP contribution in [-0.4, -0.2) is 49.0 Å². The minimum Gasteiger partial charge on any atom is -0.497 e. The van der Waals surface area contributed by atoms with Gasteiger partial charge in [-0.15, -0.1) is 0 Å². The number of aryl methyl sites for hydroxylation is 2. The summed E-state index contributed by atoms with van der Waals surface area (Å²) in [5.41, 5.74) is 2.43. The lowest BCUT2D eigenvalue weighted by molar-refractivity contribution is -0.135. The SMILES string of the molecule is COc1ccc(OCCCC(=O)N2CCC3(CC2)CC(=O)c2cc(C)c(C)cc2O3)cc1. The van der Waals surface area contributed by atoms with Crippen molar-refractivity contribution < 1.29 is 23.8 Å². The fourth-order valence-electron chi connectivity index (χ4n) is 4.44. The van der Waals surface area contributed by atoms with Gasteiger partial charge in [0.1, 0.15) is 22.8 Å². The summed E-state index contributed by atoms with van der Waals surface area (Å²) in [6.07, 6.45) is 2.86. The summed E-state index contributed by atoms with van der Waals surface area (Å²) in [5.74, 6) is 2.52. The fraction of sp³-hybridized carbons (Fsp3) is 0.462. The number of hydrogen-bond acceptors (Lipinski definition) is 5. The third kappa shape index (κ3) is 4.74. The van der Waals surface area contributed by atoms with Gasteiger partial charge in [-0.05, 0) is 67.8 Å². The Balaban J connectivity index is 1.25. The van der Waals surface area contributed by atoms with Gasteiger partial charge < -0.3 is 19.1 Å². The highest BCUT2D eigenvalue weighted by atomic mass is 16.5. The summed E-state index contributed by atoms with van der Waals surface area (Å²) in [4.78, 5) is 27.3. The van der Waals surface area contributed by atoms with E-state index in [0.717, 1.165) is 22.6 Å². The highest BCUT2D eigenvalue weighted by molar-refractivity contribution is 6.00. The zero-order valence-electron chi connectivity index (χ0n) is 19.1. The number of ketones is 1. The normalized spacial score (nSPS) is 17.0. The predicted octanol–water partition coefficient (Wildman–Crippen LogP) is 4.50. The van der Waals surface area contributed by atoms with Crippen LogP contribution in [0.1, 0.15) is 53.6 Å².